The van der Waals surface area contributed by atoms with Gasteiger partial charge >= 0.3 is 0 Å². The largest absolute Gasteiger partial charge is 0.375 e. The zero-order valence-corrected chi connectivity index (χ0v) is 19.2. The van der Waals surface area contributed by atoms with Crippen molar-refractivity contribution in [2.45, 2.75) is 56.6 Å². The lowest BCUT2D eigenvalue weighted by molar-refractivity contribution is -0.0619. The number of hydrogen-bond donors (Lipinski definition) is 0. The van der Waals surface area contributed by atoms with Crippen molar-refractivity contribution < 1.29 is 17.9 Å². The van der Waals surface area contributed by atoms with Gasteiger partial charge < -0.3 is 9.47 Å². The molecule has 7 heteroatoms. The molecular formula is C24H32N2O4S. The fourth-order valence-corrected chi connectivity index (χ4v) is 6.23. The van der Waals surface area contributed by atoms with Crippen LogP contribution in [0.15, 0.2) is 47.4 Å². The van der Waals surface area contributed by atoms with Crippen molar-refractivity contribution in [1.82, 2.24) is 9.29 Å². The molecule has 0 N–H and O–H groups in total. The van der Waals surface area contributed by atoms with Gasteiger partial charge in [-0.1, -0.05) is 23.8 Å². The van der Waals surface area contributed by atoms with Crippen molar-refractivity contribution in [1.29, 1.82) is 0 Å². The lowest BCUT2D eigenvalue weighted by Crippen LogP contribution is -2.49. The Labute approximate surface area is 185 Å². The van der Waals surface area contributed by atoms with Crippen LogP contribution in [0.4, 0.5) is 0 Å². The minimum absolute atomic E-state index is 0.218. The highest BCUT2D eigenvalue weighted by Gasteiger charge is 2.47. The van der Waals surface area contributed by atoms with Gasteiger partial charge in [0.25, 0.3) is 0 Å². The lowest BCUT2D eigenvalue weighted by Gasteiger charge is -2.41. The van der Waals surface area contributed by atoms with Gasteiger partial charge in [-0.2, -0.15) is 4.31 Å². The molecule has 3 heterocycles. The third-order valence-corrected chi connectivity index (χ3v) is 8.55. The molecule has 1 atom stereocenters. The topological polar surface area (TPSA) is 68.7 Å². The first kappa shape index (κ1) is 22.4. The zero-order valence-electron chi connectivity index (χ0n) is 18.4. The number of sulfonamides is 1. The van der Waals surface area contributed by atoms with Gasteiger partial charge in [0.05, 0.1) is 22.8 Å². The zero-order chi connectivity index (χ0) is 21.9. The summed E-state index contributed by atoms with van der Waals surface area (Å²) in [6.07, 6.45) is 3.41. The molecule has 0 aliphatic carbocycles. The average Bonchev–Trinajstić information content (AvgIpc) is 3.13. The highest BCUT2D eigenvalue weighted by molar-refractivity contribution is 7.89. The summed E-state index contributed by atoms with van der Waals surface area (Å²) in [7, 11) is -3.45. The molecule has 2 saturated heterocycles. The maximum absolute atomic E-state index is 13.0. The molecule has 1 aromatic carbocycles. The number of ether oxygens (including phenoxy) is 2. The SMILES string of the molecule is Cc1ccc(S(=O)(=O)N2CCC3(CC2)OCC[C@H]3CCOCc2cccc(C)n2)cc1. The first-order valence-electron chi connectivity index (χ1n) is 11.1. The Bertz CT molecular complexity index is 983. The van der Waals surface area contributed by atoms with Gasteiger partial charge in [-0.05, 0) is 69.7 Å². The Morgan fingerprint density at radius 2 is 1.87 bits per heavy atom. The molecule has 168 valence electrons. The third kappa shape index (κ3) is 5.00. The van der Waals surface area contributed by atoms with Crippen LogP contribution >= 0.6 is 0 Å². The fourth-order valence-electron chi connectivity index (χ4n) is 4.79. The Morgan fingerprint density at radius 3 is 2.58 bits per heavy atom. The van der Waals surface area contributed by atoms with E-state index in [2.05, 4.69) is 4.98 Å². The molecule has 1 spiro atoms. The molecule has 2 fully saturated rings. The summed E-state index contributed by atoms with van der Waals surface area (Å²) in [6, 6.07) is 13.1. The molecule has 4 rings (SSSR count). The van der Waals surface area contributed by atoms with Crippen molar-refractivity contribution >= 4 is 10.0 Å². The minimum Gasteiger partial charge on any atom is -0.375 e. The highest BCUT2D eigenvalue weighted by Crippen LogP contribution is 2.43. The second-order valence-corrected chi connectivity index (χ2v) is 10.7. The van der Waals surface area contributed by atoms with Gasteiger partial charge in [0.1, 0.15) is 0 Å². The molecule has 0 saturated carbocycles. The van der Waals surface area contributed by atoms with E-state index in [1.165, 1.54) is 0 Å². The smallest absolute Gasteiger partial charge is 0.243 e. The molecule has 2 aliphatic heterocycles. The van der Waals surface area contributed by atoms with E-state index in [1.54, 1.807) is 16.4 Å². The van der Waals surface area contributed by atoms with E-state index in [-0.39, 0.29) is 5.60 Å². The van der Waals surface area contributed by atoms with Crippen LogP contribution in [0.1, 0.15) is 42.6 Å². The van der Waals surface area contributed by atoms with Crippen LogP contribution in [0.2, 0.25) is 0 Å². The minimum atomic E-state index is -3.45. The molecule has 0 bridgehead atoms. The number of aryl methyl sites for hydroxylation is 2. The van der Waals surface area contributed by atoms with Crippen molar-refractivity contribution in [2.24, 2.45) is 5.92 Å². The van der Waals surface area contributed by atoms with E-state index >= 15 is 0 Å². The molecule has 2 aliphatic rings. The Kier molecular flexibility index (Phi) is 6.77. The Morgan fingerprint density at radius 1 is 1.13 bits per heavy atom. The normalized spacial score (nSPS) is 21.5. The number of aromatic nitrogens is 1. The van der Waals surface area contributed by atoms with Gasteiger partial charge in [-0.3, -0.25) is 4.98 Å². The predicted molar refractivity (Wildman–Crippen MR) is 119 cm³/mol. The summed E-state index contributed by atoms with van der Waals surface area (Å²) in [6.45, 7) is 6.87. The van der Waals surface area contributed by atoms with Gasteiger partial charge in [0, 0.05) is 32.0 Å². The fraction of sp³-hybridized carbons (Fsp3) is 0.542. The average molecular weight is 445 g/mol. The van der Waals surface area contributed by atoms with E-state index < -0.39 is 10.0 Å². The van der Waals surface area contributed by atoms with Gasteiger partial charge in [0.15, 0.2) is 0 Å². The van der Waals surface area contributed by atoms with Crippen molar-refractivity contribution in [3.63, 3.8) is 0 Å². The summed E-state index contributed by atoms with van der Waals surface area (Å²) >= 11 is 0. The van der Waals surface area contributed by atoms with E-state index in [4.69, 9.17) is 9.47 Å². The number of nitrogens with zero attached hydrogens (tertiary/aromatic N) is 2. The van der Waals surface area contributed by atoms with E-state index in [9.17, 15) is 8.42 Å². The molecule has 0 unspecified atom stereocenters. The van der Waals surface area contributed by atoms with E-state index in [1.807, 2.05) is 44.2 Å². The summed E-state index contributed by atoms with van der Waals surface area (Å²) in [4.78, 5) is 4.85. The Hall–Kier alpha value is -1.80. The number of rotatable bonds is 7. The maximum atomic E-state index is 13.0. The number of piperidine rings is 1. The van der Waals surface area contributed by atoms with Crippen LogP contribution in [-0.4, -0.2) is 49.6 Å². The molecule has 0 amide bonds. The summed E-state index contributed by atoms with van der Waals surface area (Å²) in [5.41, 5.74) is 2.78. The van der Waals surface area contributed by atoms with E-state index in [0.29, 0.717) is 37.1 Å². The van der Waals surface area contributed by atoms with E-state index in [0.717, 1.165) is 49.2 Å². The lowest BCUT2D eigenvalue weighted by atomic mass is 9.78. The van der Waals surface area contributed by atoms with Crippen LogP contribution in [0, 0.1) is 19.8 Å². The van der Waals surface area contributed by atoms with Crippen LogP contribution in [-0.2, 0) is 26.1 Å². The molecule has 1 aromatic heterocycles. The molecule has 6 nitrogen and oxygen atoms in total. The van der Waals surface area contributed by atoms with Gasteiger partial charge in [0.2, 0.25) is 10.0 Å². The highest BCUT2D eigenvalue weighted by atomic mass is 32.2. The van der Waals surface area contributed by atoms with Crippen molar-refractivity contribution in [3.8, 4) is 0 Å². The standard InChI is InChI=1S/C24H32N2O4S/c1-19-6-8-23(9-7-19)31(27,28)26-14-12-24(13-15-26)21(11-17-30-24)10-16-29-18-22-5-3-4-20(2)25-22/h3-9,21H,10-18H2,1-2H3/t21-/m1/s1. The number of pyridine rings is 1. The van der Waals surface area contributed by atoms with Crippen molar-refractivity contribution in [2.75, 3.05) is 26.3 Å². The molecular weight excluding hydrogens is 412 g/mol. The van der Waals surface area contributed by atoms with Crippen LogP contribution in [0.5, 0.6) is 0 Å². The second-order valence-electron chi connectivity index (χ2n) is 8.73. The van der Waals surface area contributed by atoms with Gasteiger partial charge in [-0.25, -0.2) is 8.42 Å². The molecule has 2 aromatic rings. The summed E-state index contributed by atoms with van der Waals surface area (Å²) < 4.78 is 39.7. The summed E-state index contributed by atoms with van der Waals surface area (Å²) in [5, 5.41) is 0. The second kappa shape index (κ2) is 9.36. The van der Waals surface area contributed by atoms with Gasteiger partial charge in [-0.15, -0.1) is 0 Å². The molecule has 31 heavy (non-hydrogen) atoms. The number of hydrogen-bond acceptors (Lipinski definition) is 5. The third-order valence-electron chi connectivity index (χ3n) is 6.63. The molecule has 0 radical (unpaired) electrons. The summed E-state index contributed by atoms with van der Waals surface area (Å²) in [5.74, 6) is 0.405. The monoisotopic (exact) mass is 444 g/mol. The van der Waals surface area contributed by atoms with Crippen LogP contribution in [0.3, 0.4) is 0 Å². The Balaban J connectivity index is 1.31. The first-order valence-corrected chi connectivity index (χ1v) is 12.5. The number of benzene rings is 1. The van der Waals surface area contributed by atoms with Crippen LogP contribution in [0.25, 0.3) is 0 Å². The van der Waals surface area contributed by atoms with Crippen LogP contribution < -0.4 is 0 Å². The first-order chi connectivity index (χ1) is 14.9. The predicted octanol–water partition coefficient (Wildman–Crippen LogP) is 3.87. The maximum Gasteiger partial charge on any atom is 0.243 e. The van der Waals surface area contributed by atoms with Crippen molar-refractivity contribution in [3.05, 3.63) is 59.4 Å². The quantitative estimate of drug-likeness (QED) is 0.607.